The summed E-state index contributed by atoms with van der Waals surface area (Å²) in [5.74, 6) is 0.0949. The van der Waals surface area contributed by atoms with Gasteiger partial charge in [0.15, 0.2) is 5.78 Å². The van der Waals surface area contributed by atoms with Crippen molar-refractivity contribution in [2.75, 3.05) is 0 Å². The molecular formula is C13H13N3O. The summed E-state index contributed by atoms with van der Waals surface area (Å²) in [5, 5.41) is 3.70. The average molecular weight is 227 g/mol. The normalized spacial score (nSPS) is 22.2. The molecule has 0 spiro atoms. The van der Waals surface area contributed by atoms with Gasteiger partial charge in [0.05, 0.1) is 6.04 Å². The van der Waals surface area contributed by atoms with Crippen molar-refractivity contribution in [3.05, 3.63) is 51.9 Å². The fourth-order valence-electron chi connectivity index (χ4n) is 2.03. The minimum Gasteiger partial charge on any atom is -0.295 e. The summed E-state index contributed by atoms with van der Waals surface area (Å²) in [6.07, 6.45) is 3.94. The minimum absolute atomic E-state index is 0.0949. The summed E-state index contributed by atoms with van der Waals surface area (Å²) in [6.45, 7) is 0. The lowest BCUT2D eigenvalue weighted by atomic mass is 9.88. The number of Topliss-reactive ketones (excluding diaryl/α,β-unsaturated/α-hetero) is 1. The molecular weight excluding hydrogens is 214 g/mol. The van der Waals surface area contributed by atoms with Gasteiger partial charge in [-0.1, -0.05) is 35.4 Å². The van der Waals surface area contributed by atoms with Gasteiger partial charge in [0.2, 0.25) is 0 Å². The monoisotopic (exact) mass is 227 g/mol. The van der Waals surface area contributed by atoms with Crippen LogP contribution in [0.3, 0.4) is 0 Å². The van der Waals surface area contributed by atoms with Gasteiger partial charge in [-0.05, 0) is 30.0 Å². The van der Waals surface area contributed by atoms with E-state index in [1.807, 2.05) is 36.4 Å². The number of carbonyl (C=O) groups is 1. The van der Waals surface area contributed by atoms with Crippen LogP contribution >= 0.6 is 0 Å². The minimum atomic E-state index is -0.304. The maximum atomic E-state index is 11.8. The highest BCUT2D eigenvalue weighted by molar-refractivity contribution is 6.01. The largest absolute Gasteiger partial charge is 0.295 e. The second kappa shape index (κ2) is 5.32. The van der Waals surface area contributed by atoms with Crippen LogP contribution in [0.25, 0.3) is 16.5 Å². The van der Waals surface area contributed by atoms with Crippen molar-refractivity contribution in [2.24, 2.45) is 5.11 Å². The molecule has 1 unspecified atom stereocenters. The van der Waals surface area contributed by atoms with Crippen LogP contribution in [0, 0.1) is 0 Å². The van der Waals surface area contributed by atoms with Crippen molar-refractivity contribution < 1.29 is 4.79 Å². The van der Waals surface area contributed by atoms with Crippen LogP contribution in [0.2, 0.25) is 0 Å². The molecule has 1 saturated carbocycles. The van der Waals surface area contributed by atoms with Gasteiger partial charge in [-0.15, -0.1) is 0 Å². The third-order valence-electron chi connectivity index (χ3n) is 2.88. The predicted octanol–water partition coefficient (Wildman–Crippen LogP) is 3.50. The average Bonchev–Trinajstić information content (AvgIpc) is 2.35. The van der Waals surface area contributed by atoms with Gasteiger partial charge in [-0.3, -0.25) is 4.79 Å². The van der Waals surface area contributed by atoms with Crippen molar-refractivity contribution in [1.29, 1.82) is 0 Å². The zero-order valence-electron chi connectivity index (χ0n) is 9.41. The number of azide groups is 1. The Hall–Kier alpha value is -2.06. The van der Waals surface area contributed by atoms with Crippen LogP contribution in [0.4, 0.5) is 0 Å². The Bertz CT molecular complexity index is 487. The van der Waals surface area contributed by atoms with Crippen LogP contribution in [-0.4, -0.2) is 11.8 Å². The molecule has 0 N–H and O–H groups in total. The van der Waals surface area contributed by atoms with Gasteiger partial charge < -0.3 is 0 Å². The van der Waals surface area contributed by atoms with Gasteiger partial charge in [-0.2, -0.15) is 0 Å². The van der Waals surface area contributed by atoms with Gasteiger partial charge in [-0.25, -0.2) is 0 Å². The van der Waals surface area contributed by atoms with Crippen molar-refractivity contribution in [1.82, 2.24) is 0 Å². The van der Waals surface area contributed by atoms with E-state index in [2.05, 4.69) is 10.0 Å². The van der Waals surface area contributed by atoms with Gasteiger partial charge in [0, 0.05) is 16.9 Å². The molecule has 1 aromatic carbocycles. The Morgan fingerprint density at radius 1 is 1.35 bits per heavy atom. The lowest BCUT2D eigenvalue weighted by molar-refractivity contribution is -0.116. The maximum absolute atomic E-state index is 11.8. The highest BCUT2D eigenvalue weighted by Crippen LogP contribution is 2.25. The molecule has 0 bridgehead atoms. The summed E-state index contributed by atoms with van der Waals surface area (Å²) in [5.41, 5.74) is 10.1. The van der Waals surface area contributed by atoms with Crippen LogP contribution in [0.15, 0.2) is 41.0 Å². The van der Waals surface area contributed by atoms with Crippen molar-refractivity contribution in [2.45, 2.75) is 25.3 Å². The molecule has 1 fully saturated rings. The highest BCUT2D eigenvalue weighted by Gasteiger charge is 2.24. The Morgan fingerprint density at radius 3 is 2.82 bits per heavy atom. The molecule has 86 valence electrons. The van der Waals surface area contributed by atoms with E-state index >= 15 is 0 Å². The molecule has 1 aliphatic rings. The van der Waals surface area contributed by atoms with Crippen molar-refractivity contribution in [3.63, 3.8) is 0 Å². The molecule has 0 aliphatic heterocycles. The molecule has 4 heteroatoms. The zero-order valence-corrected chi connectivity index (χ0v) is 9.41. The first kappa shape index (κ1) is 11.4. The van der Waals surface area contributed by atoms with E-state index in [-0.39, 0.29) is 11.8 Å². The maximum Gasteiger partial charge on any atom is 0.159 e. The number of benzene rings is 1. The molecule has 4 nitrogen and oxygen atoms in total. The number of rotatable bonds is 2. The first-order chi connectivity index (χ1) is 8.31. The van der Waals surface area contributed by atoms with Crippen LogP contribution in [0.5, 0.6) is 0 Å². The molecule has 0 heterocycles. The molecule has 17 heavy (non-hydrogen) atoms. The van der Waals surface area contributed by atoms with E-state index in [1.54, 1.807) is 0 Å². The number of hydrogen-bond donors (Lipinski definition) is 0. The van der Waals surface area contributed by atoms with Crippen LogP contribution in [-0.2, 0) is 4.79 Å². The Morgan fingerprint density at radius 2 is 2.12 bits per heavy atom. The quantitative estimate of drug-likeness (QED) is 0.330. The Labute approximate surface area is 99.6 Å². The second-order valence-electron chi connectivity index (χ2n) is 4.05. The number of hydrogen-bond acceptors (Lipinski definition) is 2. The first-order valence-electron chi connectivity index (χ1n) is 5.65. The topological polar surface area (TPSA) is 65.8 Å². The van der Waals surface area contributed by atoms with Crippen LogP contribution in [0.1, 0.15) is 24.8 Å². The molecule has 0 aromatic heterocycles. The molecule has 1 aromatic rings. The zero-order chi connectivity index (χ0) is 12.1. The number of ketones is 1. The second-order valence-corrected chi connectivity index (χ2v) is 4.05. The molecule has 0 radical (unpaired) electrons. The lowest BCUT2D eigenvalue weighted by Gasteiger charge is -2.19. The number of nitrogens with zero attached hydrogens (tertiary/aromatic N) is 3. The number of carbonyl (C=O) groups excluding carboxylic acids is 1. The third kappa shape index (κ3) is 2.74. The molecule has 2 rings (SSSR count). The predicted molar refractivity (Wildman–Crippen MR) is 66.2 cm³/mol. The molecule has 0 saturated heterocycles. The van der Waals surface area contributed by atoms with E-state index in [0.29, 0.717) is 12.0 Å². The third-order valence-corrected chi connectivity index (χ3v) is 2.88. The Balaban J connectivity index is 2.34. The summed E-state index contributed by atoms with van der Waals surface area (Å²) in [7, 11) is 0. The van der Waals surface area contributed by atoms with Gasteiger partial charge >= 0.3 is 0 Å². The van der Waals surface area contributed by atoms with E-state index < -0.39 is 0 Å². The summed E-state index contributed by atoms with van der Waals surface area (Å²) < 4.78 is 0. The summed E-state index contributed by atoms with van der Waals surface area (Å²) in [4.78, 5) is 14.6. The first-order valence-corrected chi connectivity index (χ1v) is 5.65. The van der Waals surface area contributed by atoms with Crippen LogP contribution < -0.4 is 0 Å². The summed E-state index contributed by atoms with van der Waals surface area (Å²) >= 11 is 0. The standard InChI is InChI=1S/C13H13N3O/c14-16-15-12-7-4-8-13(17)11(12)9-10-5-2-1-3-6-10/h1-3,5-6,9,12H,4,7-8H2. The molecule has 1 atom stereocenters. The summed E-state index contributed by atoms with van der Waals surface area (Å²) in [6, 6.07) is 9.32. The van der Waals surface area contributed by atoms with Gasteiger partial charge in [0.25, 0.3) is 0 Å². The van der Waals surface area contributed by atoms with E-state index in [4.69, 9.17) is 5.53 Å². The molecule has 1 aliphatic carbocycles. The fraction of sp³-hybridized carbons (Fsp3) is 0.308. The SMILES string of the molecule is [N-]=[N+]=NC1CCCC(=O)C1=Cc1ccccc1. The van der Waals surface area contributed by atoms with Gasteiger partial charge in [0.1, 0.15) is 0 Å². The molecule has 0 amide bonds. The highest BCUT2D eigenvalue weighted by atomic mass is 16.1. The lowest BCUT2D eigenvalue weighted by Crippen LogP contribution is -2.21. The van der Waals surface area contributed by atoms with Crippen molar-refractivity contribution in [3.8, 4) is 0 Å². The van der Waals surface area contributed by atoms with Crippen molar-refractivity contribution >= 4 is 11.9 Å². The smallest absolute Gasteiger partial charge is 0.159 e. The van der Waals surface area contributed by atoms with E-state index in [0.717, 1.165) is 18.4 Å². The van der Waals surface area contributed by atoms with E-state index in [1.165, 1.54) is 0 Å². The fourth-order valence-corrected chi connectivity index (χ4v) is 2.03. The Kier molecular flexibility index (Phi) is 3.58. The van der Waals surface area contributed by atoms with E-state index in [9.17, 15) is 4.79 Å².